The molecule has 1 aliphatic rings. The van der Waals surface area contributed by atoms with Gasteiger partial charge in [0.25, 0.3) is 5.90 Å². The van der Waals surface area contributed by atoms with Crippen molar-refractivity contribution in [1.29, 1.82) is 0 Å². The van der Waals surface area contributed by atoms with E-state index in [1.807, 2.05) is 0 Å². The summed E-state index contributed by atoms with van der Waals surface area (Å²) < 4.78 is 25.5. The summed E-state index contributed by atoms with van der Waals surface area (Å²) in [7, 11) is 0. The van der Waals surface area contributed by atoms with E-state index in [4.69, 9.17) is 14.1 Å². The van der Waals surface area contributed by atoms with Crippen molar-refractivity contribution in [2.45, 2.75) is 11.8 Å². The maximum atomic E-state index is 11.1. The molecule has 0 aliphatic carbocycles. The van der Waals surface area contributed by atoms with Gasteiger partial charge >= 0.3 is 0 Å². The zero-order valence-electron chi connectivity index (χ0n) is 7.93. The van der Waals surface area contributed by atoms with Gasteiger partial charge in [-0.1, -0.05) is 0 Å². The van der Waals surface area contributed by atoms with E-state index in [1.54, 1.807) is 12.3 Å². The Morgan fingerprint density at radius 3 is 3.00 bits per heavy atom. The number of rotatable bonds is 2. The lowest BCUT2D eigenvalue weighted by Gasteiger charge is -2.12. The first-order valence-electron chi connectivity index (χ1n) is 4.22. The Kier molecular flexibility index (Phi) is 3.03. The number of oxime groups is 1. The van der Waals surface area contributed by atoms with Crippen molar-refractivity contribution in [3.05, 3.63) is 15.8 Å². The molecule has 0 aromatic carbocycles. The molecule has 1 aromatic heterocycles. The van der Waals surface area contributed by atoms with Crippen molar-refractivity contribution >= 4 is 28.3 Å². The molecular weight excluding hydrogens is 238 g/mol. The largest absolute Gasteiger partial charge is 0.471 e. The lowest BCUT2D eigenvalue weighted by atomic mass is 10.3. The maximum absolute atomic E-state index is 11.1. The standard InChI is InChI=1S/C8H9NO4S2/c1-5-4-14-6(7(5)15(10)11)8-9-13-3-2-12-8/h4H,2-3H2,1H3,(H,10,11). The van der Waals surface area contributed by atoms with Crippen LogP contribution in [0.15, 0.2) is 15.4 Å². The van der Waals surface area contributed by atoms with Crippen molar-refractivity contribution in [3.63, 3.8) is 0 Å². The fourth-order valence-electron chi connectivity index (χ4n) is 1.21. The number of hydrogen-bond donors (Lipinski definition) is 1. The predicted molar refractivity (Wildman–Crippen MR) is 56.5 cm³/mol. The van der Waals surface area contributed by atoms with Crippen LogP contribution in [0.3, 0.4) is 0 Å². The fraction of sp³-hybridized carbons (Fsp3) is 0.375. The number of thiophene rings is 1. The van der Waals surface area contributed by atoms with Crippen LogP contribution in [0.4, 0.5) is 0 Å². The second kappa shape index (κ2) is 4.30. The van der Waals surface area contributed by atoms with Crippen LogP contribution in [0.5, 0.6) is 0 Å². The zero-order chi connectivity index (χ0) is 10.8. The molecule has 5 nitrogen and oxygen atoms in total. The first-order valence-corrected chi connectivity index (χ1v) is 6.21. The summed E-state index contributed by atoms with van der Waals surface area (Å²) >= 11 is -0.706. The SMILES string of the molecule is Cc1csc(C2=NOCCO2)c1S(=O)O. The molecular formula is C8H9NO4S2. The molecule has 82 valence electrons. The van der Waals surface area contributed by atoms with Crippen molar-refractivity contribution in [3.8, 4) is 0 Å². The first-order chi connectivity index (χ1) is 7.20. The molecule has 0 bridgehead atoms. The molecule has 0 radical (unpaired) electrons. The molecule has 0 fully saturated rings. The molecule has 1 aliphatic heterocycles. The van der Waals surface area contributed by atoms with Gasteiger partial charge < -0.3 is 14.1 Å². The molecule has 0 saturated carbocycles. The van der Waals surface area contributed by atoms with Gasteiger partial charge in [0, 0.05) is 0 Å². The van der Waals surface area contributed by atoms with Gasteiger partial charge in [0.1, 0.15) is 11.5 Å². The molecule has 2 rings (SSSR count). The maximum Gasteiger partial charge on any atom is 0.269 e. The van der Waals surface area contributed by atoms with Crippen LogP contribution in [0.1, 0.15) is 10.4 Å². The summed E-state index contributed by atoms with van der Waals surface area (Å²) in [5, 5.41) is 5.51. The van der Waals surface area contributed by atoms with Gasteiger partial charge in [-0.15, -0.1) is 11.3 Å². The third-order valence-electron chi connectivity index (χ3n) is 1.85. The molecule has 7 heteroatoms. The van der Waals surface area contributed by atoms with Crippen LogP contribution in [-0.2, 0) is 20.7 Å². The summed E-state index contributed by atoms with van der Waals surface area (Å²) in [5.74, 6) is 0.289. The van der Waals surface area contributed by atoms with Gasteiger partial charge in [0.15, 0.2) is 17.7 Å². The van der Waals surface area contributed by atoms with Crippen LogP contribution in [0.2, 0.25) is 0 Å². The third-order valence-corrected chi connectivity index (χ3v) is 3.94. The number of ether oxygens (including phenoxy) is 1. The lowest BCUT2D eigenvalue weighted by molar-refractivity contribution is 0.0656. The molecule has 1 aromatic rings. The number of aryl methyl sites for hydroxylation is 1. The Balaban J connectivity index is 2.43. The highest BCUT2D eigenvalue weighted by atomic mass is 32.2. The van der Waals surface area contributed by atoms with Crippen molar-refractivity contribution in [2.24, 2.45) is 5.16 Å². The van der Waals surface area contributed by atoms with E-state index >= 15 is 0 Å². The Morgan fingerprint density at radius 1 is 1.60 bits per heavy atom. The van der Waals surface area contributed by atoms with Gasteiger partial charge in [-0.2, -0.15) is 0 Å². The molecule has 1 N–H and O–H groups in total. The van der Waals surface area contributed by atoms with Gasteiger partial charge in [-0.05, 0) is 23.0 Å². The smallest absolute Gasteiger partial charge is 0.269 e. The molecule has 0 saturated heterocycles. The van der Waals surface area contributed by atoms with Crippen molar-refractivity contribution < 1.29 is 18.3 Å². The molecule has 0 amide bonds. The summed E-state index contributed by atoms with van der Waals surface area (Å²) in [6.07, 6.45) is 0. The highest BCUT2D eigenvalue weighted by molar-refractivity contribution is 7.79. The predicted octanol–water partition coefficient (Wildman–Crippen LogP) is 1.35. The number of hydrogen-bond acceptors (Lipinski definition) is 5. The summed E-state index contributed by atoms with van der Waals surface area (Å²) in [6.45, 7) is 2.59. The Hall–Kier alpha value is -0.920. The molecule has 0 spiro atoms. The molecule has 15 heavy (non-hydrogen) atoms. The summed E-state index contributed by atoms with van der Waals surface area (Å²) in [5.41, 5.74) is 0.757. The second-order valence-electron chi connectivity index (χ2n) is 2.90. The van der Waals surface area contributed by atoms with Gasteiger partial charge in [-0.25, -0.2) is 4.21 Å². The van der Waals surface area contributed by atoms with Crippen LogP contribution in [0.25, 0.3) is 0 Å². The lowest BCUT2D eigenvalue weighted by Crippen LogP contribution is -2.17. The normalized spacial score (nSPS) is 17.6. The minimum absolute atomic E-state index is 0.289. The van der Waals surface area contributed by atoms with Gasteiger partial charge in [0.2, 0.25) is 0 Å². The first kappa shape index (κ1) is 10.6. The van der Waals surface area contributed by atoms with E-state index in [2.05, 4.69) is 5.16 Å². The third kappa shape index (κ3) is 2.04. The highest BCUT2D eigenvalue weighted by Crippen LogP contribution is 2.26. The van der Waals surface area contributed by atoms with Crippen LogP contribution >= 0.6 is 11.3 Å². The zero-order valence-corrected chi connectivity index (χ0v) is 9.56. The molecule has 2 heterocycles. The summed E-state index contributed by atoms with van der Waals surface area (Å²) in [6, 6.07) is 0. The van der Waals surface area contributed by atoms with Crippen LogP contribution < -0.4 is 0 Å². The minimum atomic E-state index is -2.03. The second-order valence-corrected chi connectivity index (χ2v) is 4.69. The van der Waals surface area contributed by atoms with E-state index in [9.17, 15) is 4.21 Å². The minimum Gasteiger partial charge on any atom is -0.471 e. The Morgan fingerprint density at radius 2 is 2.40 bits per heavy atom. The highest BCUT2D eigenvalue weighted by Gasteiger charge is 2.21. The van der Waals surface area contributed by atoms with Crippen LogP contribution in [-0.4, -0.2) is 27.9 Å². The quantitative estimate of drug-likeness (QED) is 0.801. The number of nitrogens with zero attached hydrogens (tertiary/aromatic N) is 1. The van der Waals surface area contributed by atoms with E-state index < -0.39 is 11.1 Å². The van der Waals surface area contributed by atoms with E-state index in [1.165, 1.54) is 11.3 Å². The van der Waals surface area contributed by atoms with Crippen molar-refractivity contribution in [2.75, 3.05) is 13.2 Å². The topological polar surface area (TPSA) is 68.1 Å². The molecule has 1 atom stereocenters. The van der Waals surface area contributed by atoms with E-state index in [0.717, 1.165) is 5.56 Å². The average molecular weight is 247 g/mol. The van der Waals surface area contributed by atoms with Gasteiger partial charge in [-0.3, -0.25) is 0 Å². The van der Waals surface area contributed by atoms with Crippen molar-refractivity contribution in [1.82, 2.24) is 0 Å². The fourth-order valence-corrected chi connectivity index (χ4v) is 3.10. The van der Waals surface area contributed by atoms with Crippen LogP contribution in [0, 0.1) is 6.92 Å². The Labute approximate surface area is 93.0 Å². The van der Waals surface area contributed by atoms with Gasteiger partial charge in [0.05, 0.1) is 4.90 Å². The monoisotopic (exact) mass is 247 g/mol. The van der Waals surface area contributed by atoms with E-state index in [-0.39, 0.29) is 5.90 Å². The van der Waals surface area contributed by atoms with E-state index in [0.29, 0.717) is 23.0 Å². The Bertz CT molecular complexity index is 426. The molecule has 1 unspecified atom stereocenters. The average Bonchev–Trinajstić information content (AvgIpc) is 2.61. The summed E-state index contributed by atoms with van der Waals surface area (Å²) in [4.78, 5) is 5.78.